The largest absolute Gasteiger partial charge is 0.481 e. The number of aliphatic carboxylic acids is 1. The normalized spacial score (nSPS) is 20.3. The molecule has 1 amide bonds. The summed E-state index contributed by atoms with van der Waals surface area (Å²) in [4.78, 5) is 35.1. The van der Waals surface area contributed by atoms with Crippen molar-refractivity contribution in [3.05, 3.63) is 81.9 Å². The quantitative estimate of drug-likeness (QED) is 0.209. The number of nitrogens with two attached hydrogens (primary N) is 1. The van der Waals surface area contributed by atoms with Crippen LogP contribution in [-0.2, 0) is 29.7 Å². The number of aromatic nitrogens is 2. The summed E-state index contributed by atoms with van der Waals surface area (Å²) >= 11 is 0. The maximum Gasteiger partial charge on any atom is 0.416 e. The monoisotopic (exact) mass is 733 g/mol. The number of fused-ring (bicyclic) bond motifs is 1. The number of carboxylic acids is 1. The van der Waals surface area contributed by atoms with Crippen LogP contribution in [0.1, 0.15) is 84.3 Å². The number of hydrogen-bond acceptors (Lipinski definition) is 6. The molecule has 0 aliphatic carbocycles. The number of rotatable bonds is 7. The summed E-state index contributed by atoms with van der Waals surface area (Å²) in [5, 5.41) is 19.2. The summed E-state index contributed by atoms with van der Waals surface area (Å²) in [6, 6.07) is 3.50. The predicted molar refractivity (Wildman–Crippen MR) is 164 cm³/mol. The van der Waals surface area contributed by atoms with Crippen molar-refractivity contribution in [2.24, 2.45) is 11.7 Å². The summed E-state index contributed by atoms with van der Waals surface area (Å²) in [5.41, 5.74) is 0.118. The van der Waals surface area contributed by atoms with Gasteiger partial charge >= 0.3 is 30.6 Å². The molecule has 0 spiro atoms. The third kappa shape index (κ3) is 7.99. The first-order valence-corrected chi connectivity index (χ1v) is 15.7. The van der Waals surface area contributed by atoms with Gasteiger partial charge in [0.1, 0.15) is 11.5 Å². The Kier molecular flexibility index (Phi) is 9.96. The van der Waals surface area contributed by atoms with Gasteiger partial charge in [0.15, 0.2) is 0 Å². The van der Waals surface area contributed by atoms with Crippen molar-refractivity contribution in [1.82, 2.24) is 9.97 Å². The Morgan fingerprint density at radius 1 is 0.882 bits per heavy atom. The van der Waals surface area contributed by atoms with Crippen LogP contribution in [0.5, 0.6) is 0 Å². The van der Waals surface area contributed by atoms with Gasteiger partial charge in [-0.05, 0) is 79.1 Å². The van der Waals surface area contributed by atoms with Crippen LogP contribution in [0.2, 0.25) is 0 Å². The number of nitrogens with zero attached hydrogens (tertiary/aromatic N) is 4. The maximum atomic E-state index is 13.9. The van der Waals surface area contributed by atoms with Crippen molar-refractivity contribution in [3.63, 3.8) is 0 Å². The fourth-order valence-corrected chi connectivity index (χ4v) is 6.76. The molecule has 0 bridgehead atoms. The van der Waals surface area contributed by atoms with Crippen molar-refractivity contribution in [2.45, 2.75) is 75.6 Å². The molecule has 1 saturated heterocycles. The molecule has 51 heavy (non-hydrogen) atoms. The molecule has 3 aromatic rings. The molecule has 1 fully saturated rings. The number of hydrogen-bond donors (Lipinski definition) is 3. The van der Waals surface area contributed by atoms with Gasteiger partial charge in [0.2, 0.25) is 0 Å². The number of alkyl halides is 9. The standard InChI is InChI=1S/C33H32F9N5O4/c1-2-30(43)15-23(22-14-19(31(34,35)36)3-4-25(22)47(30)29(50)51)28-44-16-26(46-7-5-17(6-8-46)12-27(48)49)24(45-28)11-18-9-20(32(37,38)39)13-21(10-18)33(40,41)42/h3-4,9-10,13-14,16-17,23H,2,5-8,11-12,15,43H2,1H3,(H,48,49)(H,50,51)/t23-,30+/m0/s1. The number of carbonyl (C=O) groups is 2. The average molecular weight is 734 g/mol. The number of anilines is 2. The van der Waals surface area contributed by atoms with Crippen molar-refractivity contribution in [3.8, 4) is 0 Å². The highest BCUT2D eigenvalue weighted by Crippen LogP contribution is 2.47. The molecule has 9 nitrogen and oxygen atoms in total. The van der Waals surface area contributed by atoms with Gasteiger partial charge in [0, 0.05) is 31.8 Å². The van der Waals surface area contributed by atoms with Gasteiger partial charge < -0.3 is 20.8 Å². The second-order valence-electron chi connectivity index (χ2n) is 12.8. The van der Waals surface area contributed by atoms with Crippen molar-refractivity contribution in [2.75, 3.05) is 22.9 Å². The number of carboxylic acid groups (broad SMARTS) is 2. The zero-order valence-electron chi connectivity index (χ0n) is 26.8. The van der Waals surface area contributed by atoms with Crippen LogP contribution < -0.4 is 15.5 Å². The Morgan fingerprint density at radius 2 is 1.47 bits per heavy atom. The van der Waals surface area contributed by atoms with E-state index in [1.807, 2.05) is 0 Å². The lowest BCUT2D eigenvalue weighted by molar-refractivity contribution is -0.143. The van der Waals surface area contributed by atoms with Gasteiger partial charge in [-0.3, -0.25) is 9.69 Å². The predicted octanol–water partition coefficient (Wildman–Crippen LogP) is 7.90. The van der Waals surface area contributed by atoms with Crippen LogP contribution in [-0.4, -0.2) is 51.0 Å². The molecule has 3 heterocycles. The third-order valence-electron chi connectivity index (χ3n) is 9.39. The Bertz CT molecular complexity index is 1770. The topological polar surface area (TPSA) is 133 Å². The van der Waals surface area contributed by atoms with Crippen molar-refractivity contribution < 1.29 is 59.3 Å². The SMILES string of the molecule is CC[C@]1(N)C[C@H](c2ncc(N3CCC(CC(=O)O)CC3)c(Cc3cc(C(F)(F)F)cc(C(F)(F)F)c3)n2)c2cc(C(F)(F)F)ccc2N1C(=O)O. The lowest BCUT2D eigenvalue weighted by Crippen LogP contribution is -2.61. The smallest absolute Gasteiger partial charge is 0.416 e. The zero-order chi connectivity index (χ0) is 37.7. The highest BCUT2D eigenvalue weighted by molar-refractivity contribution is 5.90. The molecule has 276 valence electrons. The minimum Gasteiger partial charge on any atom is -0.481 e. The molecule has 2 aliphatic rings. The van der Waals surface area contributed by atoms with Crippen LogP contribution in [0, 0.1) is 5.92 Å². The lowest BCUT2D eigenvalue weighted by Gasteiger charge is -2.46. The highest BCUT2D eigenvalue weighted by atomic mass is 19.4. The van der Waals surface area contributed by atoms with Gasteiger partial charge in [0.25, 0.3) is 0 Å². The Balaban J connectivity index is 1.67. The van der Waals surface area contributed by atoms with Crippen LogP contribution in [0.15, 0.2) is 42.6 Å². The van der Waals surface area contributed by atoms with E-state index in [0.717, 1.165) is 17.0 Å². The van der Waals surface area contributed by atoms with E-state index in [9.17, 15) is 59.3 Å². The number of benzene rings is 2. The van der Waals surface area contributed by atoms with Crippen LogP contribution in [0.25, 0.3) is 0 Å². The molecule has 2 aromatic carbocycles. The molecular weight excluding hydrogens is 701 g/mol. The minimum atomic E-state index is -5.13. The fraction of sp³-hybridized carbons (Fsp3) is 0.455. The van der Waals surface area contributed by atoms with E-state index < -0.39 is 70.8 Å². The molecule has 5 rings (SSSR count). The molecule has 1 aromatic heterocycles. The van der Waals surface area contributed by atoms with Crippen molar-refractivity contribution in [1.29, 1.82) is 0 Å². The van der Waals surface area contributed by atoms with E-state index in [2.05, 4.69) is 9.97 Å². The zero-order valence-corrected chi connectivity index (χ0v) is 26.8. The molecule has 18 heteroatoms. The van der Waals surface area contributed by atoms with E-state index in [-0.39, 0.29) is 72.8 Å². The molecule has 4 N–H and O–H groups in total. The molecule has 2 atom stereocenters. The second-order valence-corrected chi connectivity index (χ2v) is 12.8. The summed E-state index contributed by atoms with van der Waals surface area (Å²) in [5.74, 6) is -2.54. The number of piperidine rings is 1. The van der Waals surface area contributed by atoms with Gasteiger partial charge in [-0.1, -0.05) is 6.92 Å². The highest BCUT2D eigenvalue weighted by Gasteiger charge is 2.47. The van der Waals surface area contributed by atoms with Crippen LogP contribution in [0.4, 0.5) is 55.7 Å². The van der Waals surface area contributed by atoms with E-state index in [1.165, 1.54) is 6.20 Å². The van der Waals surface area contributed by atoms with E-state index in [0.29, 0.717) is 31.0 Å². The first-order chi connectivity index (χ1) is 23.6. The Morgan fingerprint density at radius 3 is 1.98 bits per heavy atom. The summed E-state index contributed by atoms with van der Waals surface area (Å²) < 4.78 is 124. The maximum absolute atomic E-state index is 13.9. The summed E-state index contributed by atoms with van der Waals surface area (Å²) in [6.07, 6.45) is -15.6. The van der Waals surface area contributed by atoms with Gasteiger partial charge in [-0.25, -0.2) is 14.8 Å². The third-order valence-corrected chi connectivity index (χ3v) is 9.39. The average Bonchev–Trinajstić information content (AvgIpc) is 3.02. The number of halogens is 9. The summed E-state index contributed by atoms with van der Waals surface area (Å²) in [7, 11) is 0. The first kappa shape index (κ1) is 37.6. The van der Waals surface area contributed by atoms with Crippen molar-refractivity contribution >= 4 is 23.4 Å². The van der Waals surface area contributed by atoms with E-state index >= 15 is 0 Å². The van der Waals surface area contributed by atoms with E-state index in [4.69, 9.17) is 5.73 Å². The molecule has 0 saturated carbocycles. The van der Waals surface area contributed by atoms with E-state index in [1.54, 1.807) is 11.8 Å². The van der Waals surface area contributed by atoms with Gasteiger partial charge in [-0.15, -0.1) is 0 Å². The molecule has 0 unspecified atom stereocenters. The lowest BCUT2D eigenvalue weighted by atomic mass is 9.80. The van der Waals surface area contributed by atoms with Gasteiger partial charge in [-0.2, -0.15) is 39.5 Å². The van der Waals surface area contributed by atoms with Crippen LogP contribution in [0.3, 0.4) is 0 Å². The minimum absolute atomic E-state index is 0.00303. The fourth-order valence-electron chi connectivity index (χ4n) is 6.76. The molecular formula is C33H32F9N5O4. The number of amides is 1. The first-order valence-electron chi connectivity index (χ1n) is 15.7. The van der Waals surface area contributed by atoms with Crippen LogP contribution >= 0.6 is 0 Å². The summed E-state index contributed by atoms with van der Waals surface area (Å²) in [6.45, 7) is 2.07. The molecule has 0 radical (unpaired) electrons. The Labute approximate surface area is 284 Å². The Hall–Kier alpha value is -4.61. The molecule has 2 aliphatic heterocycles. The van der Waals surface area contributed by atoms with Gasteiger partial charge in [0.05, 0.1) is 40.0 Å². The second kappa shape index (κ2) is 13.5.